The van der Waals surface area contributed by atoms with Gasteiger partial charge in [0.2, 0.25) is 41.4 Å². The van der Waals surface area contributed by atoms with Gasteiger partial charge in [-0.2, -0.15) is 0 Å². The Morgan fingerprint density at radius 3 is 1.85 bits per heavy atom. The summed E-state index contributed by atoms with van der Waals surface area (Å²) in [4.78, 5) is 136. The lowest BCUT2D eigenvalue weighted by Gasteiger charge is -2.31. The van der Waals surface area contributed by atoms with E-state index in [-0.39, 0.29) is 5.57 Å². The van der Waals surface area contributed by atoms with Gasteiger partial charge in [-0.3, -0.25) is 52.8 Å². The SMILES string of the molecule is C/C=C(/C)C(=O)NC[C@@H]1NC(=O)C(C(=O)N(C)OC)NC(=O)[C@@H](O)CNC(=O)[C@H]([C@@H](C)O)NC(=O)C(C(O)C(O)C(N)=O)NC(=O)[C@H](C(C)C)NC(=O)[C@H](CO)NC1=O. The summed E-state index contributed by atoms with van der Waals surface area (Å²) >= 11 is 0. The summed E-state index contributed by atoms with van der Waals surface area (Å²) in [5.41, 5.74) is 5.24. The third kappa shape index (κ3) is 14.8. The van der Waals surface area contributed by atoms with E-state index in [0.29, 0.717) is 5.06 Å². The van der Waals surface area contributed by atoms with Crippen LogP contribution in [0.5, 0.6) is 0 Å². The molecule has 10 atom stereocenters. The van der Waals surface area contributed by atoms with E-state index in [2.05, 4.69) is 21.3 Å². The maximum absolute atomic E-state index is 13.6. The number of nitrogens with one attached hydrogen (secondary N) is 8. The summed E-state index contributed by atoms with van der Waals surface area (Å²) in [7, 11) is 2.05. The lowest BCUT2D eigenvalue weighted by atomic mass is 9.99. The fraction of sp³-hybridized carbons (Fsp3) is 0.636. The minimum atomic E-state index is -2.52. The highest BCUT2D eigenvalue weighted by Gasteiger charge is 2.41. The Kier molecular flexibility index (Phi) is 20.5. The van der Waals surface area contributed by atoms with Gasteiger partial charge in [-0.05, 0) is 26.7 Å². The molecule has 1 fully saturated rings. The van der Waals surface area contributed by atoms with Crippen LogP contribution in [0.3, 0.4) is 0 Å². The number of aliphatic hydroxyl groups is 5. The van der Waals surface area contributed by atoms with E-state index in [1.165, 1.54) is 33.8 Å². The Morgan fingerprint density at radius 2 is 1.34 bits per heavy atom. The highest BCUT2D eigenvalue weighted by molar-refractivity contribution is 6.08. The summed E-state index contributed by atoms with van der Waals surface area (Å²) < 4.78 is 0. The largest absolute Gasteiger partial charge is 0.394 e. The number of hydrogen-bond acceptors (Lipinski definition) is 16. The van der Waals surface area contributed by atoms with Gasteiger partial charge in [0.1, 0.15) is 42.4 Å². The molecule has 1 saturated heterocycles. The zero-order valence-electron chi connectivity index (χ0n) is 33.3. The van der Waals surface area contributed by atoms with Gasteiger partial charge in [0.05, 0.1) is 26.4 Å². The molecule has 1 aliphatic heterocycles. The van der Waals surface area contributed by atoms with E-state index >= 15 is 0 Å². The van der Waals surface area contributed by atoms with Gasteiger partial charge < -0.3 is 73.8 Å². The number of nitrogens with zero attached hydrogens (tertiary/aromatic N) is 1. The molecule has 0 aliphatic carbocycles. The van der Waals surface area contributed by atoms with E-state index in [1.807, 2.05) is 21.3 Å². The van der Waals surface area contributed by atoms with Crippen molar-refractivity contribution in [1.29, 1.82) is 0 Å². The van der Waals surface area contributed by atoms with Crippen LogP contribution in [0.4, 0.5) is 0 Å². The number of aliphatic hydroxyl groups excluding tert-OH is 5. The van der Waals surface area contributed by atoms with Crippen molar-refractivity contribution in [1.82, 2.24) is 47.6 Å². The number of carbonyl (C=O) groups is 10. The second kappa shape index (κ2) is 23.6. The molecule has 4 unspecified atom stereocenters. The smallest absolute Gasteiger partial charge is 0.278 e. The molecule has 1 rings (SSSR count). The third-order valence-electron chi connectivity index (χ3n) is 8.70. The number of amides is 10. The van der Waals surface area contributed by atoms with Crippen molar-refractivity contribution >= 4 is 59.1 Å². The molecule has 10 amide bonds. The van der Waals surface area contributed by atoms with Crippen LogP contribution in [0.2, 0.25) is 0 Å². The number of hydroxylamine groups is 2. The van der Waals surface area contributed by atoms with Crippen LogP contribution in [0.1, 0.15) is 34.6 Å². The number of rotatable bonds is 11. The zero-order valence-corrected chi connectivity index (χ0v) is 33.3. The first-order valence-electron chi connectivity index (χ1n) is 17.9. The number of β-amino-alcohol motifs (C(OH)–C–C–N with tert-alkyl or cyclic N) is 1. The molecule has 0 aromatic rings. The first-order valence-corrected chi connectivity index (χ1v) is 17.9. The fourth-order valence-corrected chi connectivity index (χ4v) is 4.88. The quantitative estimate of drug-likeness (QED) is 0.0522. The van der Waals surface area contributed by atoms with Crippen molar-refractivity contribution in [2.24, 2.45) is 11.7 Å². The van der Waals surface area contributed by atoms with Gasteiger partial charge >= 0.3 is 0 Å². The zero-order chi connectivity index (χ0) is 45.5. The number of primary amides is 1. The molecule has 1 aliphatic rings. The molecule has 0 radical (unpaired) electrons. The van der Waals surface area contributed by atoms with Gasteiger partial charge in [-0.15, -0.1) is 0 Å². The van der Waals surface area contributed by atoms with Crippen LogP contribution < -0.4 is 48.3 Å². The molecule has 1 heterocycles. The monoisotopic (exact) mass is 846 g/mol. The third-order valence-corrected chi connectivity index (χ3v) is 8.70. The van der Waals surface area contributed by atoms with Gasteiger partial charge in [-0.25, -0.2) is 5.06 Å². The van der Waals surface area contributed by atoms with Crippen LogP contribution in [0.15, 0.2) is 11.6 Å². The normalized spacial score (nSPS) is 26.4. The number of hydrogen-bond donors (Lipinski definition) is 14. The Hall–Kier alpha value is -5.80. The van der Waals surface area contributed by atoms with E-state index < -0.39 is 145 Å². The number of nitrogens with two attached hydrogens (primary N) is 1. The molecule has 0 spiro atoms. The maximum atomic E-state index is 13.6. The minimum Gasteiger partial charge on any atom is -0.394 e. The fourth-order valence-electron chi connectivity index (χ4n) is 4.88. The summed E-state index contributed by atoms with van der Waals surface area (Å²) in [6.07, 6.45) is -7.67. The standard InChI is InChI=1S/C33H54N10O16/c1-8-13(4)25(50)35-9-15-26(51)38-16(11-44)27(52)39-18(12(2)3)30(55)41-20(22(47)23(48)24(34)49)31(56)40-19(14(5)45)29(54)36-10-17(46)28(53)42-21(32(57)37-15)33(58)43(6)59-7/h8,12,14-23,44-48H,9-11H2,1-7H3,(H2,34,49)(H,35,50)(H,36,54)(H,37,57)(H,38,51)(H,39,52)(H,40,56)(H,41,55)(H,42,53)/b13-8-/t14-,15+,16+,17+,18+,19+,20?,21?,22?,23?/m1/s1. The molecule has 26 heteroatoms. The van der Waals surface area contributed by atoms with Crippen LogP contribution in [0, 0.1) is 5.92 Å². The predicted octanol–water partition coefficient (Wildman–Crippen LogP) is -9.28. The lowest BCUT2D eigenvalue weighted by Crippen LogP contribution is -2.66. The van der Waals surface area contributed by atoms with Gasteiger partial charge in [0.15, 0.2) is 12.1 Å². The molecular weight excluding hydrogens is 792 g/mol. The Labute approximate surface area is 337 Å². The van der Waals surface area contributed by atoms with Crippen molar-refractivity contribution in [3.05, 3.63) is 11.6 Å². The maximum Gasteiger partial charge on any atom is 0.278 e. The van der Waals surface area contributed by atoms with Crippen LogP contribution in [-0.2, 0) is 52.8 Å². The molecule has 0 saturated carbocycles. The number of allylic oxidation sites excluding steroid dienone is 1. The van der Waals surface area contributed by atoms with E-state index in [0.717, 1.165) is 21.1 Å². The second-order valence-electron chi connectivity index (χ2n) is 13.5. The van der Waals surface area contributed by atoms with E-state index in [1.54, 1.807) is 0 Å². The Morgan fingerprint density at radius 1 is 0.814 bits per heavy atom. The highest BCUT2D eigenvalue weighted by atomic mass is 16.7. The molecule has 0 aromatic heterocycles. The summed E-state index contributed by atoms with van der Waals surface area (Å²) in [5.74, 6) is -14.0. The van der Waals surface area contributed by atoms with E-state index in [4.69, 9.17) is 10.6 Å². The molecule has 59 heavy (non-hydrogen) atoms. The average Bonchev–Trinajstić information content (AvgIpc) is 3.19. The van der Waals surface area contributed by atoms with Gasteiger partial charge in [0, 0.05) is 19.2 Å². The molecule has 332 valence electrons. The minimum absolute atomic E-state index is 0.167. The summed E-state index contributed by atoms with van der Waals surface area (Å²) in [5, 5.41) is 69.4. The summed E-state index contributed by atoms with van der Waals surface area (Å²) in [6.45, 7) is 3.85. The van der Waals surface area contributed by atoms with Crippen molar-refractivity contribution < 1.29 is 78.3 Å². The lowest BCUT2D eigenvalue weighted by molar-refractivity contribution is -0.173. The van der Waals surface area contributed by atoms with E-state index in [9.17, 15) is 73.5 Å². The molecular formula is C33H54N10O16. The topological polar surface area (TPSA) is 407 Å². The predicted molar refractivity (Wildman–Crippen MR) is 198 cm³/mol. The van der Waals surface area contributed by atoms with Crippen molar-refractivity contribution in [3.8, 4) is 0 Å². The molecule has 0 bridgehead atoms. The molecule has 26 nitrogen and oxygen atoms in total. The first-order chi connectivity index (χ1) is 27.4. The second-order valence-corrected chi connectivity index (χ2v) is 13.5. The van der Waals surface area contributed by atoms with Crippen molar-refractivity contribution in [2.75, 3.05) is 33.9 Å². The van der Waals surface area contributed by atoms with Gasteiger partial charge in [-0.1, -0.05) is 19.9 Å². The van der Waals surface area contributed by atoms with Crippen molar-refractivity contribution in [2.45, 2.75) is 95.3 Å². The van der Waals surface area contributed by atoms with Crippen LogP contribution in [-0.4, -0.2) is 184 Å². The molecule has 15 N–H and O–H groups in total. The summed E-state index contributed by atoms with van der Waals surface area (Å²) in [6, 6.07) is -12.1. The Balaban J connectivity index is 3.91. The molecule has 0 aromatic carbocycles. The average molecular weight is 847 g/mol. The van der Waals surface area contributed by atoms with Crippen LogP contribution >= 0.6 is 0 Å². The van der Waals surface area contributed by atoms with Crippen molar-refractivity contribution in [3.63, 3.8) is 0 Å². The number of likely N-dealkylation sites (N-methyl/N-ethyl adjacent to an activating group) is 1. The number of carbonyl (C=O) groups excluding carboxylic acids is 10. The van der Waals surface area contributed by atoms with Gasteiger partial charge in [0.25, 0.3) is 17.7 Å². The highest BCUT2D eigenvalue weighted by Crippen LogP contribution is 2.09. The first kappa shape index (κ1) is 51.2. The Bertz CT molecular complexity index is 1620. The van der Waals surface area contributed by atoms with Crippen LogP contribution in [0.25, 0.3) is 0 Å².